The summed E-state index contributed by atoms with van der Waals surface area (Å²) < 4.78 is 30.2. The van der Waals surface area contributed by atoms with Crippen LogP contribution in [0.25, 0.3) is 10.2 Å². The molecule has 0 atom stereocenters. The summed E-state index contributed by atoms with van der Waals surface area (Å²) in [6.45, 7) is 7.07. The van der Waals surface area contributed by atoms with Crippen LogP contribution in [0.5, 0.6) is 0 Å². The summed E-state index contributed by atoms with van der Waals surface area (Å²) >= 11 is 1.06. The highest BCUT2D eigenvalue weighted by Gasteiger charge is 2.30. The number of nitrogens with zero attached hydrogens (tertiary/aromatic N) is 3. The molecule has 3 aromatic rings. The van der Waals surface area contributed by atoms with E-state index in [0.29, 0.717) is 24.2 Å². The van der Waals surface area contributed by atoms with Gasteiger partial charge in [0.05, 0.1) is 21.5 Å². The smallest absolute Gasteiger partial charge is 0.308 e. The van der Waals surface area contributed by atoms with Gasteiger partial charge in [-0.15, -0.1) is 0 Å². The summed E-state index contributed by atoms with van der Waals surface area (Å²) in [6.07, 6.45) is 0.321. The van der Waals surface area contributed by atoms with Gasteiger partial charge in [0, 0.05) is 32.2 Å². The molecule has 170 valence electrons. The van der Waals surface area contributed by atoms with Gasteiger partial charge >= 0.3 is 4.87 Å². The molecule has 32 heavy (non-hydrogen) atoms. The van der Waals surface area contributed by atoms with Crippen LogP contribution in [0, 0.1) is 6.92 Å². The summed E-state index contributed by atoms with van der Waals surface area (Å²) in [7, 11) is -3.70. The van der Waals surface area contributed by atoms with Crippen LogP contribution in [0.1, 0.15) is 31.0 Å². The first-order valence-electron chi connectivity index (χ1n) is 10.7. The largest absolute Gasteiger partial charge is 0.340 e. The Balaban J connectivity index is 1.47. The molecule has 1 aromatic heterocycles. The maximum Gasteiger partial charge on any atom is 0.308 e. The molecule has 1 aliphatic heterocycles. The minimum atomic E-state index is -3.70. The van der Waals surface area contributed by atoms with E-state index >= 15 is 0 Å². The molecule has 2 heterocycles. The molecule has 0 bridgehead atoms. The molecule has 1 fully saturated rings. The van der Waals surface area contributed by atoms with Crippen molar-refractivity contribution < 1.29 is 13.2 Å². The maximum atomic E-state index is 13.2. The first-order valence-corrected chi connectivity index (χ1v) is 12.9. The molecule has 2 aromatic carbocycles. The van der Waals surface area contributed by atoms with Crippen molar-refractivity contribution in [2.45, 2.75) is 38.1 Å². The van der Waals surface area contributed by atoms with Crippen molar-refractivity contribution in [2.24, 2.45) is 0 Å². The second-order valence-electron chi connectivity index (χ2n) is 8.35. The van der Waals surface area contributed by atoms with E-state index in [-0.39, 0.29) is 34.8 Å². The van der Waals surface area contributed by atoms with Crippen molar-refractivity contribution in [3.05, 3.63) is 63.3 Å². The molecule has 0 aliphatic carbocycles. The SMILES string of the molecule is Cc1ccccc1CC(=O)N1CCN(S(=O)(=O)c2ccc3c(c2)sc(=O)n3C(C)C)CC1. The average molecular weight is 474 g/mol. The van der Waals surface area contributed by atoms with Crippen LogP contribution in [0.15, 0.2) is 52.2 Å². The van der Waals surface area contributed by atoms with Crippen LogP contribution < -0.4 is 4.87 Å². The number of sulfonamides is 1. The van der Waals surface area contributed by atoms with Crippen molar-refractivity contribution in [2.75, 3.05) is 26.2 Å². The minimum Gasteiger partial charge on any atom is -0.340 e. The quantitative estimate of drug-likeness (QED) is 0.571. The van der Waals surface area contributed by atoms with Gasteiger partial charge in [0.2, 0.25) is 15.9 Å². The number of benzene rings is 2. The molecule has 1 amide bonds. The lowest BCUT2D eigenvalue weighted by molar-refractivity contribution is -0.131. The molecule has 9 heteroatoms. The van der Waals surface area contributed by atoms with Gasteiger partial charge in [-0.3, -0.25) is 14.2 Å². The fraction of sp³-hybridized carbons (Fsp3) is 0.391. The summed E-state index contributed by atoms with van der Waals surface area (Å²) in [4.78, 5) is 26.8. The molecule has 0 saturated carbocycles. The van der Waals surface area contributed by atoms with E-state index in [9.17, 15) is 18.0 Å². The highest BCUT2D eigenvalue weighted by molar-refractivity contribution is 7.89. The van der Waals surface area contributed by atoms with E-state index in [0.717, 1.165) is 28.0 Å². The molecule has 0 spiro atoms. The monoisotopic (exact) mass is 473 g/mol. The van der Waals surface area contributed by atoms with Gasteiger partial charge < -0.3 is 4.90 Å². The molecule has 0 N–H and O–H groups in total. The number of thiazole rings is 1. The van der Waals surface area contributed by atoms with Crippen molar-refractivity contribution >= 4 is 37.5 Å². The molecule has 4 rings (SSSR count). The third-order valence-corrected chi connectivity index (χ3v) is 8.75. The number of hydrogen-bond donors (Lipinski definition) is 0. The predicted octanol–water partition coefficient (Wildman–Crippen LogP) is 3.03. The number of carbonyl (C=O) groups is 1. The van der Waals surface area contributed by atoms with Gasteiger partial charge in [0.15, 0.2) is 0 Å². The normalized spacial score (nSPS) is 15.6. The number of amides is 1. The Hall–Kier alpha value is -2.49. The van der Waals surface area contributed by atoms with E-state index in [1.54, 1.807) is 27.7 Å². The minimum absolute atomic E-state index is 0.00370. The van der Waals surface area contributed by atoms with E-state index in [1.165, 1.54) is 4.31 Å². The van der Waals surface area contributed by atoms with Crippen molar-refractivity contribution in [3.63, 3.8) is 0 Å². The molecular formula is C23H27N3O4S2. The number of aryl methyl sites for hydroxylation is 1. The molecule has 7 nitrogen and oxygen atoms in total. The Kier molecular flexibility index (Phi) is 6.24. The molecule has 1 aliphatic rings. The Labute approximate surface area is 191 Å². The average Bonchev–Trinajstić information content (AvgIpc) is 3.10. The van der Waals surface area contributed by atoms with Gasteiger partial charge in [-0.1, -0.05) is 35.6 Å². The summed E-state index contributed by atoms with van der Waals surface area (Å²) in [5.41, 5.74) is 2.82. The number of fused-ring (bicyclic) bond motifs is 1. The second-order valence-corrected chi connectivity index (χ2v) is 11.3. The van der Waals surface area contributed by atoms with E-state index in [4.69, 9.17) is 0 Å². The van der Waals surface area contributed by atoms with Gasteiger partial charge in [-0.2, -0.15) is 4.31 Å². The summed E-state index contributed by atoms with van der Waals surface area (Å²) in [6, 6.07) is 12.7. The number of carbonyl (C=O) groups excluding carboxylic acids is 1. The van der Waals surface area contributed by atoms with Gasteiger partial charge in [0.25, 0.3) is 0 Å². The van der Waals surface area contributed by atoms with Crippen LogP contribution in [-0.4, -0.2) is 54.3 Å². The number of rotatable bonds is 5. The Morgan fingerprint density at radius 1 is 1.06 bits per heavy atom. The van der Waals surface area contributed by atoms with E-state index < -0.39 is 10.0 Å². The number of hydrogen-bond acceptors (Lipinski definition) is 5. The summed E-state index contributed by atoms with van der Waals surface area (Å²) in [5, 5.41) is 0. The lowest BCUT2D eigenvalue weighted by Gasteiger charge is -2.34. The molecule has 0 unspecified atom stereocenters. The van der Waals surface area contributed by atoms with Crippen molar-refractivity contribution in [1.82, 2.24) is 13.8 Å². The highest BCUT2D eigenvalue weighted by atomic mass is 32.2. The Morgan fingerprint density at radius 2 is 1.75 bits per heavy atom. The van der Waals surface area contributed by atoms with Crippen molar-refractivity contribution in [3.8, 4) is 0 Å². The third-order valence-electron chi connectivity index (χ3n) is 5.93. The molecule has 1 saturated heterocycles. The zero-order chi connectivity index (χ0) is 23.0. The zero-order valence-electron chi connectivity index (χ0n) is 18.4. The van der Waals surface area contributed by atoms with Crippen molar-refractivity contribution in [1.29, 1.82) is 0 Å². The first-order chi connectivity index (χ1) is 15.2. The van der Waals surface area contributed by atoms with Crippen LogP contribution in [0.3, 0.4) is 0 Å². The topological polar surface area (TPSA) is 79.7 Å². The highest BCUT2D eigenvalue weighted by Crippen LogP contribution is 2.26. The van der Waals surface area contributed by atoms with E-state index in [1.807, 2.05) is 45.0 Å². The fourth-order valence-corrected chi connectivity index (χ4v) is 6.65. The second kappa shape index (κ2) is 8.80. The van der Waals surface area contributed by atoms with Crippen LogP contribution in [-0.2, 0) is 21.2 Å². The zero-order valence-corrected chi connectivity index (χ0v) is 20.1. The first kappa shape index (κ1) is 22.7. The number of aromatic nitrogens is 1. The van der Waals surface area contributed by atoms with Gasteiger partial charge in [-0.25, -0.2) is 8.42 Å². The van der Waals surface area contributed by atoms with Crippen LogP contribution in [0.2, 0.25) is 0 Å². The Bertz CT molecular complexity index is 1320. The lowest BCUT2D eigenvalue weighted by Crippen LogP contribution is -2.50. The van der Waals surface area contributed by atoms with Gasteiger partial charge in [-0.05, 0) is 50.1 Å². The van der Waals surface area contributed by atoms with E-state index in [2.05, 4.69) is 0 Å². The number of piperazine rings is 1. The van der Waals surface area contributed by atoms with Crippen LogP contribution >= 0.6 is 11.3 Å². The summed E-state index contributed by atoms with van der Waals surface area (Å²) in [5.74, 6) is 0.0116. The lowest BCUT2D eigenvalue weighted by atomic mass is 10.1. The maximum absolute atomic E-state index is 13.2. The molecular weight excluding hydrogens is 446 g/mol. The van der Waals surface area contributed by atoms with Gasteiger partial charge in [0.1, 0.15) is 0 Å². The third kappa shape index (κ3) is 4.24. The Morgan fingerprint density at radius 3 is 2.41 bits per heavy atom. The predicted molar refractivity (Wildman–Crippen MR) is 127 cm³/mol. The molecule has 0 radical (unpaired) electrons. The fourth-order valence-electron chi connectivity index (χ4n) is 4.08. The standard InChI is InChI=1S/C23H27N3O4S2/c1-16(2)26-20-9-8-19(15-21(20)31-23(26)28)32(29,30)25-12-10-24(11-13-25)22(27)14-18-7-5-4-6-17(18)3/h4-9,15-16H,10-14H2,1-3H3. The van der Waals surface area contributed by atoms with Crippen LogP contribution in [0.4, 0.5) is 0 Å².